The van der Waals surface area contributed by atoms with Gasteiger partial charge in [0.2, 0.25) is 11.8 Å². The van der Waals surface area contributed by atoms with Gasteiger partial charge >= 0.3 is 6.18 Å². The number of carbonyl (C=O) groups is 1. The molecule has 0 saturated carbocycles. The number of rotatable bonds is 4. The lowest BCUT2D eigenvalue weighted by atomic mass is 9.94. The number of nitrogens with zero attached hydrogens (tertiary/aromatic N) is 6. The van der Waals surface area contributed by atoms with Crippen LogP contribution >= 0.6 is 0 Å². The number of benzene rings is 1. The van der Waals surface area contributed by atoms with Gasteiger partial charge in [0.1, 0.15) is 17.3 Å². The van der Waals surface area contributed by atoms with Gasteiger partial charge in [0.15, 0.2) is 0 Å². The Morgan fingerprint density at radius 1 is 1.14 bits per heavy atom. The van der Waals surface area contributed by atoms with Crippen LogP contribution in [-0.2, 0) is 6.18 Å². The third-order valence-electron chi connectivity index (χ3n) is 5.58. The molecule has 0 atom stereocenters. The summed E-state index contributed by atoms with van der Waals surface area (Å²) in [7, 11) is 1.75. The molecule has 2 aliphatic heterocycles. The molecular weight excluding hydrogens is 461 g/mol. The largest absolute Gasteiger partial charge is 0.451 e. The van der Waals surface area contributed by atoms with Gasteiger partial charge in [-0.1, -0.05) is 6.07 Å². The second-order valence-corrected chi connectivity index (χ2v) is 7.88. The van der Waals surface area contributed by atoms with Crippen molar-refractivity contribution in [3.8, 4) is 0 Å². The minimum atomic E-state index is -4.75. The van der Waals surface area contributed by atoms with Gasteiger partial charge in [0.25, 0.3) is 5.91 Å². The number of hydrogen-bond acceptors (Lipinski definition) is 8. The van der Waals surface area contributed by atoms with E-state index in [1.54, 1.807) is 25.4 Å². The van der Waals surface area contributed by atoms with Crippen LogP contribution in [0.1, 0.15) is 33.0 Å². The summed E-state index contributed by atoms with van der Waals surface area (Å²) in [5.74, 6) is -0.121. The fourth-order valence-electron chi connectivity index (χ4n) is 3.93. The van der Waals surface area contributed by atoms with E-state index in [2.05, 4.69) is 35.6 Å². The fraction of sp³-hybridized carbons (Fsp3) is 0.217. The summed E-state index contributed by atoms with van der Waals surface area (Å²) in [6.07, 6.45) is -0.159. The standard InChI is InChI=1S/C23H19F3N8O/c1-12-3-4-14(31-20(35)17-5-6-29-21(32-17)23(24,25)26)10-15(12)16-9-13-11-30-22(27-2)33-18(13)34-8-7-28-19(16)34/h3-6,9-11H,7-8H2,1-2H3,(H,31,35)(H,27,30,33). The van der Waals surface area contributed by atoms with E-state index in [1.807, 2.05) is 24.0 Å². The van der Waals surface area contributed by atoms with Gasteiger partial charge in [-0.15, -0.1) is 0 Å². The smallest absolute Gasteiger partial charge is 0.357 e. The average molecular weight is 480 g/mol. The molecule has 2 aromatic heterocycles. The molecule has 2 aliphatic rings. The second kappa shape index (κ2) is 8.46. The van der Waals surface area contributed by atoms with Gasteiger partial charge in [0, 0.05) is 42.8 Å². The maximum absolute atomic E-state index is 12.9. The summed E-state index contributed by atoms with van der Waals surface area (Å²) in [5.41, 5.74) is 3.43. The molecule has 1 amide bonds. The van der Waals surface area contributed by atoms with Crippen molar-refractivity contribution in [2.24, 2.45) is 4.99 Å². The van der Waals surface area contributed by atoms with Crippen molar-refractivity contribution < 1.29 is 18.0 Å². The molecule has 9 nitrogen and oxygen atoms in total. The molecule has 178 valence electrons. The Balaban J connectivity index is 1.49. The lowest BCUT2D eigenvalue weighted by Crippen LogP contribution is -2.32. The van der Waals surface area contributed by atoms with Crippen molar-refractivity contribution in [3.63, 3.8) is 0 Å². The summed E-state index contributed by atoms with van der Waals surface area (Å²) in [6, 6.07) is 6.39. The fourth-order valence-corrected chi connectivity index (χ4v) is 3.93. The molecule has 4 heterocycles. The summed E-state index contributed by atoms with van der Waals surface area (Å²) in [5, 5.41) is 5.57. The maximum Gasteiger partial charge on any atom is 0.451 e. The predicted octanol–water partition coefficient (Wildman–Crippen LogP) is 3.66. The average Bonchev–Trinajstić information content (AvgIpc) is 3.34. The zero-order valence-corrected chi connectivity index (χ0v) is 18.7. The molecule has 0 spiro atoms. The summed E-state index contributed by atoms with van der Waals surface area (Å²) in [4.78, 5) is 34.7. The van der Waals surface area contributed by atoms with E-state index in [0.717, 1.165) is 46.2 Å². The topological polar surface area (TPSA) is 108 Å². The number of amidine groups is 1. The summed E-state index contributed by atoms with van der Waals surface area (Å²) >= 11 is 0. The van der Waals surface area contributed by atoms with Crippen LogP contribution < -0.4 is 15.5 Å². The number of hydrogen-bond donors (Lipinski definition) is 2. The number of amides is 1. The van der Waals surface area contributed by atoms with Gasteiger partial charge in [-0.25, -0.2) is 15.0 Å². The summed E-state index contributed by atoms with van der Waals surface area (Å²) < 4.78 is 38.8. The highest BCUT2D eigenvalue weighted by Gasteiger charge is 2.35. The molecule has 12 heteroatoms. The first-order valence-electron chi connectivity index (χ1n) is 10.7. The molecular formula is C23H19F3N8O. The zero-order chi connectivity index (χ0) is 24.7. The Kier molecular flexibility index (Phi) is 5.42. The van der Waals surface area contributed by atoms with Crippen molar-refractivity contribution in [1.82, 2.24) is 19.9 Å². The maximum atomic E-state index is 12.9. The van der Waals surface area contributed by atoms with Crippen LogP contribution in [0.5, 0.6) is 0 Å². The third kappa shape index (κ3) is 4.18. The first kappa shape index (κ1) is 22.4. The second-order valence-electron chi connectivity index (χ2n) is 7.88. The van der Waals surface area contributed by atoms with E-state index in [-0.39, 0.29) is 5.69 Å². The first-order chi connectivity index (χ1) is 16.7. The van der Waals surface area contributed by atoms with Gasteiger partial charge in [-0.3, -0.25) is 9.79 Å². The van der Waals surface area contributed by atoms with Crippen molar-refractivity contribution in [3.05, 3.63) is 64.9 Å². The lowest BCUT2D eigenvalue weighted by molar-refractivity contribution is -0.145. The number of carbonyl (C=O) groups excluding carboxylic acids is 1. The van der Waals surface area contributed by atoms with Gasteiger partial charge in [-0.05, 0) is 42.3 Å². The molecule has 0 aliphatic carbocycles. The van der Waals surface area contributed by atoms with Crippen LogP contribution in [0.15, 0.2) is 41.7 Å². The third-order valence-corrected chi connectivity index (χ3v) is 5.58. The van der Waals surface area contributed by atoms with Crippen LogP contribution in [0.3, 0.4) is 0 Å². The number of alkyl halides is 3. The highest BCUT2D eigenvalue weighted by Crippen LogP contribution is 2.37. The van der Waals surface area contributed by atoms with Crippen LogP contribution in [-0.4, -0.2) is 51.8 Å². The van der Waals surface area contributed by atoms with Crippen molar-refractivity contribution >= 4 is 40.8 Å². The van der Waals surface area contributed by atoms with E-state index < -0.39 is 17.9 Å². The number of anilines is 3. The van der Waals surface area contributed by atoms with Crippen molar-refractivity contribution in [2.75, 3.05) is 35.7 Å². The lowest BCUT2D eigenvalue weighted by Gasteiger charge is -2.28. The van der Waals surface area contributed by atoms with E-state index in [4.69, 9.17) is 0 Å². The number of fused-ring (bicyclic) bond motifs is 3. The van der Waals surface area contributed by atoms with Crippen LogP contribution in [0.2, 0.25) is 0 Å². The van der Waals surface area contributed by atoms with E-state index in [0.29, 0.717) is 24.7 Å². The van der Waals surface area contributed by atoms with Gasteiger partial charge < -0.3 is 15.5 Å². The predicted molar refractivity (Wildman–Crippen MR) is 125 cm³/mol. The highest BCUT2D eigenvalue weighted by molar-refractivity contribution is 6.36. The molecule has 0 bridgehead atoms. The number of nitrogens with one attached hydrogen (secondary N) is 2. The molecule has 2 N–H and O–H groups in total. The molecule has 35 heavy (non-hydrogen) atoms. The Hall–Kier alpha value is -4.35. The minimum absolute atomic E-state index is 0.385. The molecule has 0 fully saturated rings. The zero-order valence-electron chi connectivity index (χ0n) is 18.7. The van der Waals surface area contributed by atoms with Crippen LogP contribution in [0.4, 0.5) is 30.6 Å². The molecule has 5 rings (SSSR count). The number of aliphatic imine (C=N–C) groups is 1. The first-order valence-corrected chi connectivity index (χ1v) is 10.7. The molecule has 0 saturated heterocycles. The molecule has 3 aromatic rings. The van der Waals surface area contributed by atoms with E-state index in [9.17, 15) is 18.0 Å². The van der Waals surface area contributed by atoms with Gasteiger partial charge in [-0.2, -0.15) is 18.2 Å². The summed E-state index contributed by atoms with van der Waals surface area (Å²) in [6.45, 7) is 3.21. The van der Waals surface area contributed by atoms with Crippen molar-refractivity contribution in [1.29, 1.82) is 0 Å². The van der Waals surface area contributed by atoms with E-state index >= 15 is 0 Å². The van der Waals surface area contributed by atoms with Gasteiger partial charge in [0.05, 0.1) is 6.54 Å². The minimum Gasteiger partial charge on any atom is -0.357 e. The Labute approximate surface area is 197 Å². The Morgan fingerprint density at radius 3 is 2.74 bits per heavy atom. The number of halogens is 3. The normalized spacial score (nSPS) is 14.6. The SMILES string of the molecule is CNc1ncc2c(n1)N1CCN=C1C(c1cc(NC(=O)c3ccnc(C(F)(F)F)n3)ccc1C)=C2. The quantitative estimate of drug-likeness (QED) is 0.587. The Morgan fingerprint density at radius 2 is 1.97 bits per heavy atom. The highest BCUT2D eigenvalue weighted by atomic mass is 19.4. The van der Waals surface area contributed by atoms with Crippen molar-refractivity contribution in [2.45, 2.75) is 13.1 Å². The molecule has 1 aromatic carbocycles. The number of aromatic nitrogens is 4. The number of aryl methyl sites for hydroxylation is 1. The van der Waals surface area contributed by atoms with E-state index in [1.165, 1.54) is 0 Å². The molecule has 0 unspecified atom stereocenters. The molecule has 0 radical (unpaired) electrons. The van der Waals surface area contributed by atoms with Crippen LogP contribution in [0, 0.1) is 6.92 Å². The Bertz CT molecular complexity index is 1400. The van der Waals surface area contributed by atoms with Crippen LogP contribution in [0.25, 0.3) is 11.6 Å². The monoisotopic (exact) mass is 480 g/mol.